The predicted octanol–water partition coefficient (Wildman–Crippen LogP) is 1.27. The number of nitrogens with one attached hydrogen (secondary N) is 1. The van der Waals surface area contributed by atoms with Gasteiger partial charge < -0.3 is 24.3 Å². The highest BCUT2D eigenvalue weighted by Gasteiger charge is 2.27. The van der Waals surface area contributed by atoms with Crippen LogP contribution in [0, 0.1) is 12.8 Å². The van der Waals surface area contributed by atoms with E-state index in [-0.39, 0.29) is 11.9 Å². The number of rotatable bonds is 9. The van der Waals surface area contributed by atoms with E-state index >= 15 is 0 Å². The topological polar surface area (TPSA) is 93.9 Å². The molecule has 0 aromatic carbocycles. The van der Waals surface area contributed by atoms with Gasteiger partial charge in [-0.25, -0.2) is 4.99 Å². The van der Waals surface area contributed by atoms with E-state index in [1.54, 1.807) is 0 Å². The Bertz CT molecular complexity index is 638. The van der Waals surface area contributed by atoms with Crippen LogP contribution >= 0.6 is 0 Å². The Labute approximate surface area is 167 Å². The minimum Gasteiger partial charge on any atom is -0.466 e. The van der Waals surface area contributed by atoms with E-state index in [1.807, 2.05) is 32.4 Å². The lowest BCUT2D eigenvalue weighted by Gasteiger charge is -2.33. The van der Waals surface area contributed by atoms with Crippen molar-refractivity contribution in [2.24, 2.45) is 18.0 Å². The highest BCUT2D eigenvalue weighted by atomic mass is 16.5. The maximum absolute atomic E-state index is 12.0. The largest absolute Gasteiger partial charge is 0.466 e. The Morgan fingerprint density at radius 3 is 2.61 bits per heavy atom. The Morgan fingerprint density at radius 1 is 1.25 bits per heavy atom. The normalized spacial score (nSPS) is 15.7. The van der Waals surface area contributed by atoms with Crippen molar-refractivity contribution in [3.05, 3.63) is 11.6 Å². The minimum atomic E-state index is -0.0835. The molecule has 0 aliphatic carbocycles. The van der Waals surface area contributed by atoms with Crippen LogP contribution in [0.25, 0.3) is 0 Å². The average Bonchev–Trinajstić information content (AvgIpc) is 3.02. The van der Waals surface area contributed by atoms with Gasteiger partial charge in [0, 0.05) is 39.9 Å². The Kier molecular flexibility index (Phi) is 9.19. The molecule has 9 heteroatoms. The molecule has 28 heavy (non-hydrogen) atoms. The number of aliphatic imine (C=N–C) groups is 1. The lowest BCUT2D eigenvalue weighted by atomic mass is 9.97. The van der Waals surface area contributed by atoms with Crippen molar-refractivity contribution in [1.82, 2.24) is 25.0 Å². The molecular weight excluding hydrogens is 360 g/mol. The number of hydrogen-bond donors (Lipinski definition) is 1. The van der Waals surface area contributed by atoms with Gasteiger partial charge >= 0.3 is 5.97 Å². The number of nitrogens with zero attached hydrogens (tertiary/aromatic N) is 5. The molecule has 1 aromatic rings. The van der Waals surface area contributed by atoms with Crippen LogP contribution in [0.3, 0.4) is 0 Å². The molecule has 1 fully saturated rings. The first-order valence-electron chi connectivity index (χ1n) is 10.2. The molecule has 0 spiro atoms. The van der Waals surface area contributed by atoms with Crippen LogP contribution in [0.5, 0.6) is 0 Å². The fourth-order valence-corrected chi connectivity index (χ4v) is 3.11. The van der Waals surface area contributed by atoms with Gasteiger partial charge in [-0.2, -0.15) is 0 Å². The smallest absolute Gasteiger partial charge is 0.309 e. The van der Waals surface area contributed by atoms with E-state index in [2.05, 4.69) is 20.4 Å². The molecule has 0 atom stereocenters. The molecular formula is C19H34N6O3. The molecule has 2 heterocycles. The number of hydrogen-bond acceptors (Lipinski definition) is 6. The SMILES string of the molecule is CCOCCCNC(=NCc1nnc(C)n1C)N1CCC(C(=O)OCC)CC1. The highest BCUT2D eigenvalue weighted by molar-refractivity contribution is 5.80. The Morgan fingerprint density at radius 2 is 2.00 bits per heavy atom. The van der Waals surface area contributed by atoms with Gasteiger partial charge in [0.2, 0.25) is 0 Å². The summed E-state index contributed by atoms with van der Waals surface area (Å²) in [4.78, 5) is 19.0. The second kappa shape index (κ2) is 11.6. The second-order valence-corrected chi connectivity index (χ2v) is 6.85. The van der Waals surface area contributed by atoms with Gasteiger partial charge in [-0.05, 0) is 40.0 Å². The number of esters is 1. The van der Waals surface area contributed by atoms with Crippen LogP contribution in [0.2, 0.25) is 0 Å². The summed E-state index contributed by atoms with van der Waals surface area (Å²) in [6.45, 7) is 10.5. The van der Waals surface area contributed by atoms with Crippen molar-refractivity contribution in [3.8, 4) is 0 Å². The van der Waals surface area contributed by atoms with Crippen LogP contribution in [0.4, 0.5) is 0 Å². The van der Waals surface area contributed by atoms with Crippen LogP contribution in [0.1, 0.15) is 44.8 Å². The van der Waals surface area contributed by atoms with E-state index in [0.717, 1.165) is 69.7 Å². The zero-order valence-electron chi connectivity index (χ0n) is 17.6. The number of carbonyl (C=O) groups excluding carboxylic acids is 1. The van der Waals surface area contributed by atoms with Gasteiger partial charge in [0.25, 0.3) is 0 Å². The van der Waals surface area contributed by atoms with Crippen molar-refractivity contribution < 1.29 is 14.3 Å². The summed E-state index contributed by atoms with van der Waals surface area (Å²) in [5, 5.41) is 11.7. The van der Waals surface area contributed by atoms with Crippen LogP contribution in [-0.2, 0) is 27.9 Å². The van der Waals surface area contributed by atoms with E-state index in [9.17, 15) is 4.79 Å². The molecule has 158 valence electrons. The molecule has 1 aromatic heterocycles. The molecule has 9 nitrogen and oxygen atoms in total. The number of ether oxygens (including phenoxy) is 2. The van der Waals surface area contributed by atoms with E-state index in [0.29, 0.717) is 13.2 Å². The molecule has 0 unspecified atom stereocenters. The molecule has 0 radical (unpaired) electrons. The van der Waals surface area contributed by atoms with Gasteiger partial charge in [0.05, 0.1) is 12.5 Å². The van der Waals surface area contributed by atoms with Gasteiger partial charge in [-0.1, -0.05) is 0 Å². The second-order valence-electron chi connectivity index (χ2n) is 6.85. The number of carbonyl (C=O) groups is 1. The standard InChI is InChI=1S/C19H34N6O3/c1-5-27-13-7-10-20-19(21-14-17-23-22-15(3)24(17)4)25-11-8-16(9-12-25)18(26)28-6-2/h16H,5-14H2,1-4H3,(H,20,21). The molecule has 1 aliphatic rings. The van der Waals surface area contributed by atoms with Crippen LogP contribution < -0.4 is 5.32 Å². The van der Waals surface area contributed by atoms with Crippen molar-refractivity contribution in [2.45, 2.75) is 46.6 Å². The summed E-state index contributed by atoms with van der Waals surface area (Å²) in [5.41, 5.74) is 0. The summed E-state index contributed by atoms with van der Waals surface area (Å²) < 4.78 is 12.5. The summed E-state index contributed by atoms with van der Waals surface area (Å²) in [7, 11) is 1.94. The van der Waals surface area contributed by atoms with Gasteiger partial charge in [0.1, 0.15) is 12.4 Å². The zero-order valence-corrected chi connectivity index (χ0v) is 17.6. The number of piperidine rings is 1. The van der Waals surface area contributed by atoms with E-state index < -0.39 is 0 Å². The number of likely N-dealkylation sites (tertiary alicyclic amines) is 1. The number of aryl methyl sites for hydroxylation is 1. The van der Waals surface area contributed by atoms with Gasteiger partial charge in [0.15, 0.2) is 11.8 Å². The molecule has 2 rings (SSSR count). The zero-order chi connectivity index (χ0) is 20.4. The molecule has 1 saturated heterocycles. The Balaban J connectivity index is 1.96. The molecule has 0 bridgehead atoms. The van der Waals surface area contributed by atoms with Crippen molar-refractivity contribution >= 4 is 11.9 Å². The predicted molar refractivity (Wildman–Crippen MR) is 107 cm³/mol. The van der Waals surface area contributed by atoms with Gasteiger partial charge in [-0.15, -0.1) is 10.2 Å². The lowest BCUT2D eigenvalue weighted by Crippen LogP contribution is -2.47. The maximum Gasteiger partial charge on any atom is 0.309 e. The molecule has 0 amide bonds. The van der Waals surface area contributed by atoms with Crippen molar-refractivity contribution in [3.63, 3.8) is 0 Å². The molecule has 1 N–H and O–H groups in total. The third-order valence-electron chi connectivity index (χ3n) is 4.92. The number of guanidine groups is 1. The number of aromatic nitrogens is 3. The quantitative estimate of drug-likeness (QED) is 0.292. The first-order valence-corrected chi connectivity index (χ1v) is 10.2. The monoisotopic (exact) mass is 394 g/mol. The minimum absolute atomic E-state index is 0.0169. The van der Waals surface area contributed by atoms with E-state index in [1.165, 1.54) is 0 Å². The van der Waals surface area contributed by atoms with Gasteiger partial charge in [-0.3, -0.25) is 4.79 Å². The first kappa shape index (κ1) is 22.1. The van der Waals surface area contributed by atoms with Crippen molar-refractivity contribution in [2.75, 3.05) is 39.5 Å². The lowest BCUT2D eigenvalue weighted by molar-refractivity contribution is -0.149. The summed E-state index contributed by atoms with van der Waals surface area (Å²) in [6, 6.07) is 0. The van der Waals surface area contributed by atoms with E-state index in [4.69, 9.17) is 14.5 Å². The van der Waals surface area contributed by atoms with Crippen molar-refractivity contribution in [1.29, 1.82) is 0 Å². The third kappa shape index (κ3) is 6.47. The fourth-order valence-electron chi connectivity index (χ4n) is 3.11. The first-order chi connectivity index (χ1) is 13.6. The van der Waals surface area contributed by atoms with Crippen LogP contribution in [-0.4, -0.2) is 71.0 Å². The summed E-state index contributed by atoms with van der Waals surface area (Å²) in [5.74, 6) is 2.44. The average molecular weight is 395 g/mol. The molecule has 1 aliphatic heterocycles. The summed E-state index contributed by atoms with van der Waals surface area (Å²) in [6.07, 6.45) is 2.47. The van der Waals surface area contributed by atoms with Crippen LogP contribution in [0.15, 0.2) is 4.99 Å². The third-order valence-corrected chi connectivity index (χ3v) is 4.92. The highest BCUT2D eigenvalue weighted by Crippen LogP contribution is 2.19. The molecule has 0 saturated carbocycles. The fraction of sp³-hybridized carbons (Fsp3) is 0.789. The Hall–Kier alpha value is -2.16. The summed E-state index contributed by atoms with van der Waals surface area (Å²) >= 11 is 0. The maximum atomic E-state index is 12.0.